The highest BCUT2D eigenvalue weighted by atomic mass is 16.5. The minimum Gasteiger partial charge on any atom is -0.497 e. The Balaban J connectivity index is 2.05. The molecule has 5 heteroatoms. The molecule has 0 spiro atoms. The molecule has 100 valence electrons. The first-order valence-corrected chi connectivity index (χ1v) is 6.08. The summed E-state index contributed by atoms with van der Waals surface area (Å²) in [5.74, 6) is 1.19. The van der Waals surface area contributed by atoms with E-state index in [9.17, 15) is 0 Å². The molecule has 0 fully saturated rings. The molecule has 20 heavy (non-hydrogen) atoms. The molecule has 3 aromatic rings. The highest BCUT2D eigenvalue weighted by Crippen LogP contribution is 2.29. The van der Waals surface area contributed by atoms with Crippen molar-refractivity contribution in [3.63, 3.8) is 0 Å². The Bertz CT molecular complexity index is 706. The van der Waals surface area contributed by atoms with E-state index in [2.05, 4.69) is 10.2 Å². The van der Waals surface area contributed by atoms with Gasteiger partial charge >= 0.3 is 0 Å². The van der Waals surface area contributed by atoms with Gasteiger partial charge in [0.2, 0.25) is 0 Å². The van der Waals surface area contributed by atoms with Crippen LogP contribution in [0.5, 0.6) is 5.75 Å². The summed E-state index contributed by atoms with van der Waals surface area (Å²) < 4.78 is 10.2. The summed E-state index contributed by atoms with van der Waals surface area (Å²) in [5.41, 5.74) is 9.30. The van der Waals surface area contributed by atoms with Gasteiger partial charge in [0.05, 0.1) is 25.3 Å². The molecule has 1 aromatic carbocycles. The van der Waals surface area contributed by atoms with Gasteiger partial charge in [0.15, 0.2) is 5.82 Å². The normalized spacial score (nSPS) is 10.4. The van der Waals surface area contributed by atoms with Crippen LogP contribution < -0.4 is 10.5 Å². The van der Waals surface area contributed by atoms with Crippen molar-refractivity contribution in [2.24, 2.45) is 0 Å². The Morgan fingerprint density at radius 2 is 1.85 bits per heavy atom. The lowest BCUT2D eigenvalue weighted by Gasteiger charge is -2.07. The fourth-order valence-corrected chi connectivity index (χ4v) is 1.95. The van der Waals surface area contributed by atoms with Gasteiger partial charge in [-0.1, -0.05) is 12.1 Å². The smallest absolute Gasteiger partial charge is 0.154 e. The highest BCUT2D eigenvalue weighted by molar-refractivity contribution is 5.77. The van der Waals surface area contributed by atoms with E-state index in [0.29, 0.717) is 5.82 Å². The van der Waals surface area contributed by atoms with E-state index >= 15 is 0 Å². The number of nitrogens with zero attached hydrogens (tertiary/aromatic N) is 2. The van der Waals surface area contributed by atoms with Crippen molar-refractivity contribution in [1.82, 2.24) is 10.2 Å². The summed E-state index contributed by atoms with van der Waals surface area (Å²) >= 11 is 0. The van der Waals surface area contributed by atoms with Crippen LogP contribution in [0.4, 0.5) is 5.82 Å². The molecule has 0 saturated carbocycles. The van der Waals surface area contributed by atoms with Crippen LogP contribution in [0.3, 0.4) is 0 Å². The lowest BCUT2D eigenvalue weighted by molar-refractivity contribution is 0.415. The molecule has 0 aliphatic rings. The molecule has 2 N–H and O–H groups in total. The molecular weight excluding hydrogens is 254 g/mol. The Hall–Kier alpha value is -2.82. The van der Waals surface area contributed by atoms with Gasteiger partial charge in [-0.15, -0.1) is 10.2 Å². The Kier molecular flexibility index (Phi) is 3.09. The SMILES string of the molecule is COc1ccc(-c2cc(-c3ccoc3)nnc2N)cc1. The van der Waals surface area contributed by atoms with Crippen LogP contribution in [0.25, 0.3) is 22.4 Å². The molecule has 0 aliphatic heterocycles. The molecule has 2 heterocycles. The maximum atomic E-state index is 5.92. The zero-order valence-corrected chi connectivity index (χ0v) is 10.9. The molecule has 0 radical (unpaired) electrons. The number of nitrogens with two attached hydrogens (primary N) is 1. The standard InChI is InChI=1S/C15H13N3O2/c1-19-12-4-2-10(3-5-12)13-8-14(17-18-15(13)16)11-6-7-20-9-11/h2-9H,1H3,(H2,16,18). The molecule has 0 atom stereocenters. The predicted molar refractivity (Wildman–Crippen MR) is 76.1 cm³/mol. The van der Waals surface area contributed by atoms with Gasteiger partial charge in [0.1, 0.15) is 5.75 Å². The van der Waals surface area contributed by atoms with Crippen molar-refractivity contribution in [3.8, 4) is 28.1 Å². The molecule has 5 nitrogen and oxygen atoms in total. The number of furan rings is 1. The fraction of sp³-hybridized carbons (Fsp3) is 0.0667. The minimum atomic E-state index is 0.391. The Morgan fingerprint density at radius 3 is 2.50 bits per heavy atom. The van der Waals surface area contributed by atoms with E-state index in [0.717, 1.165) is 28.1 Å². The summed E-state index contributed by atoms with van der Waals surface area (Å²) in [6.07, 6.45) is 3.22. The maximum absolute atomic E-state index is 5.92. The number of nitrogen functional groups attached to an aromatic ring is 1. The second-order valence-electron chi connectivity index (χ2n) is 4.27. The van der Waals surface area contributed by atoms with Crippen LogP contribution in [0.2, 0.25) is 0 Å². The number of methoxy groups -OCH3 is 1. The molecule has 2 aromatic heterocycles. The third kappa shape index (κ3) is 2.21. The third-order valence-corrected chi connectivity index (χ3v) is 3.04. The van der Waals surface area contributed by atoms with E-state index in [1.54, 1.807) is 19.6 Å². The Morgan fingerprint density at radius 1 is 1.05 bits per heavy atom. The zero-order valence-electron chi connectivity index (χ0n) is 10.9. The van der Waals surface area contributed by atoms with Crippen LogP contribution >= 0.6 is 0 Å². The molecular formula is C15H13N3O2. The van der Waals surface area contributed by atoms with Crippen molar-refractivity contribution in [1.29, 1.82) is 0 Å². The van der Waals surface area contributed by atoms with Gasteiger partial charge in [0, 0.05) is 11.1 Å². The lowest BCUT2D eigenvalue weighted by atomic mass is 10.0. The van der Waals surface area contributed by atoms with Gasteiger partial charge in [0.25, 0.3) is 0 Å². The van der Waals surface area contributed by atoms with Gasteiger partial charge < -0.3 is 14.9 Å². The second kappa shape index (κ2) is 5.05. The summed E-state index contributed by atoms with van der Waals surface area (Å²) in [6, 6.07) is 11.4. The number of ether oxygens (including phenoxy) is 1. The number of benzene rings is 1. The molecule has 3 rings (SSSR count). The van der Waals surface area contributed by atoms with Crippen LogP contribution in [-0.2, 0) is 0 Å². The summed E-state index contributed by atoms with van der Waals surface area (Å²) in [6.45, 7) is 0. The average molecular weight is 267 g/mol. The molecule has 0 amide bonds. The fourth-order valence-electron chi connectivity index (χ4n) is 1.95. The summed E-state index contributed by atoms with van der Waals surface area (Å²) in [4.78, 5) is 0. The van der Waals surface area contributed by atoms with Crippen molar-refractivity contribution >= 4 is 5.82 Å². The van der Waals surface area contributed by atoms with Gasteiger partial charge in [-0.05, 0) is 29.8 Å². The van der Waals surface area contributed by atoms with E-state index in [1.165, 1.54) is 0 Å². The average Bonchev–Trinajstić information content (AvgIpc) is 3.02. The van der Waals surface area contributed by atoms with Crippen molar-refractivity contribution in [3.05, 3.63) is 48.9 Å². The van der Waals surface area contributed by atoms with Gasteiger partial charge in [-0.3, -0.25) is 0 Å². The monoisotopic (exact) mass is 267 g/mol. The highest BCUT2D eigenvalue weighted by Gasteiger charge is 2.09. The van der Waals surface area contributed by atoms with Gasteiger partial charge in [-0.2, -0.15) is 0 Å². The Labute approximate surface area is 116 Å². The number of anilines is 1. The molecule has 0 aliphatic carbocycles. The maximum Gasteiger partial charge on any atom is 0.154 e. The number of rotatable bonds is 3. The summed E-state index contributed by atoms with van der Waals surface area (Å²) in [7, 11) is 1.63. The topological polar surface area (TPSA) is 74.2 Å². The van der Waals surface area contributed by atoms with Crippen molar-refractivity contribution < 1.29 is 9.15 Å². The van der Waals surface area contributed by atoms with Crippen molar-refractivity contribution in [2.45, 2.75) is 0 Å². The van der Waals surface area contributed by atoms with E-state index in [-0.39, 0.29) is 0 Å². The van der Waals surface area contributed by atoms with E-state index < -0.39 is 0 Å². The van der Waals surface area contributed by atoms with Crippen LogP contribution in [-0.4, -0.2) is 17.3 Å². The number of aromatic nitrogens is 2. The second-order valence-corrected chi connectivity index (χ2v) is 4.27. The first kappa shape index (κ1) is 12.2. The van der Waals surface area contributed by atoms with E-state index in [4.69, 9.17) is 14.9 Å². The lowest BCUT2D eigenvalue weighted by Crippen LogP contribution is -1.98. The molecule has 0 bridgehead atoms. The van der Waals surface area contributed by atoms with Crippen molar-refractivity contribution in [2.75, 3.05) is 12.8 Å². The first-order chi connectivity index (χ1) is 9.78. The largest absolute Gasteiger partial charge is 0.497 e. The van der Waals surface area contributed by atoms with E-state index in [1.807, 2.05) is 36.4 Å². The van der Waals surface area contributed by atoms with Crippen LogP contribution in [0.1, 0.15) is 0 Å². The minimum absolute atomic E-state index is 0.391. The van der Waals surface area contributed by atoms with Crippen LogP contribution in [0.15, 0.2) is 53.3 Å². The quantitative estimate of drug-likeness (QED) is 0.789. The third-order valence-electron chi connectivity index (χ3n) is 3.04. The first-order valence-electron chi connectivity index (χ1n) is 6.08. The molecule has 0 unspecified atom stereocenters. The zero-order chi connectivity index (χ0) is 13.9. The van der Waals surface area contributed by atoms with Crippen LogP contribution in [0, 0.1) is 0 Å². The predicted octanol–water partition coefficient (Wildman–Crippen LogP) is 2.99. The molecule has 0 saturated heterocycles. The number of hydrogen-bond donors (Lipinski definition) is 1. The number of hydrogen-bond acceptors (Lipinski definition) is 5. The summed E-state index contributed by atoms with van der Waals surface area (Å²) in [5, 5.41) is 8.09. The van der Waals surface area contributed by atoms with Gasteiger partial charge in [-0.25, -0.2) is 0 Å².